The summed E-state index contributed by atoms with van der Waals surface area (Å²) in [5.74, 6) is -1.94. The zero-order valence-corrected chi connectivity index (χ0v) is 21.5. The fourth-order valence-electron chi connectivity index (χ4n) is 4.21. The Bertz CT molecular complexity index is 968. The van der Waals surface area contributed by atoms with Crippen LogP contribution in [0.4, 0.5) is 8.78 Å². The van der Waals surface area contributed by atoms with E-state index in [1.807, 2.05) is 0 Å². The molecule has 1 N–H and O–H groups in total. The number of nitrogens with zero attached hydrogens (tertiary/aromatic N) is 4. The zero-order valence-electron chi connectivity index (χ0n) is 20.7. The van der Waals surface area contributed by atoms with E-state index in [0.29, 0.717) is 23.4 Å². The number of rotatable bonds is 10. The number of amides is 1. The van der Waals surface area contributed by atoms with Crippen molar-refractivity contribution < 1.29 is 27.8 Å². The van der Waals surface area contributed by atoms with Crippen molar-refractivity contribution in [1.82, 2.24) is 25.2 Å². The van der Waals surface area contributed by atoms with Crippen molar-refractivity contribution >= 4 is 17.2 Å². The molecule has 4 rings (SSSR count). The molecule has 0 radical (unpaired) electrons. The average Bonchev–Trinajstić information content (AvgIpc) is 3.15. The molecule has 198 valence electrons. The van der Waals surface area contributed by atoms with E-state index in [4.69, 9.17) is 14.2 Å². The number of thiazole rings is 1. The third kappa shape index (κ3) is 8.31. The van der Waals surface area contributed by atoms with Gasteiger partial charge in [0, 0.05) is 37.9 Å². The Morgan fingerprint density at radius 3 is 2.75 bits per heavy atom. The van der Waals surface area contributed by atoms with Crippen molar-refractivity contribution in [2.45, 2.75) is 64.0 Å². The second kappa shape index (κ2) is 12.2. The van der Waals surface area contributed by atoms with Gasteiger partial charge >= 0.3 is 0 Å². The lowest BCUT2D eigenvalue weighted by molar-refractivity contribution is -0.125. The first-order chi connectivity index (χ1) is 17.2. The molecule has 4 heterocycles. The number of nitrogens with one attached hydrogen (secondary N) is 1. The number of fused-ring (bicyclic) bond motifs is 1. The fraction of sp³-hybridized carbons (Fsp3) is 0.667. The van der Waals surface area contributed by atoms with Crippen LogP contribution in [0.1, 0.15) is 42.6 Å². The number of alkyl halides is 2. The van der Waals surface area contributed by atoms with Crippen LogP contribution in [0.5, 0.6) is 10.9 Å². The van der Waals surface area contributed by atoms with Gasteiger partial charge in [0.1, 0.15) is 5.82 Å². The van der Waals surface area contributed by atoms with E-state index in [9.17, 15) is 13.6 Å². The number of hydrogen-bond acceptors (Lipinski definition) is 9. The fourth-order valence-corrected chi connectivity index (χ4v) is 5.15. The maximum atomic E-state index is 13.0. The predicted octanol–water partition coefficient (Wildman–Crippen LogP) is 2.81. The van der Waals surface area contributed by atoms with E-state index in [1.165, 1.54) is 11.3 Å². The maximum absolute atomic E-state index is 13.0. The van der Waals surface area contributed by atoms with Crippen LogP contribution in [0, 0.1) is 6.92 Å². The molecule has 0 aliphatic carbocycles. The van der Waals surface area contributed by atoms with E-state index >= 15 is 0 Å². The molecule has 36 heavy (non-hydrogen) atoms. The van der Waals surface area contributed by atoms with Crippen LogP contribution < -0.4 is 14.8 Å². The van der Waals surface area contributed by atoms with Gasteiger partial charge in [-0.15, -0.1) is 0 Å². The third-order valence-corrected chi connectivity index (χ3v) is 7.23. The van der Waals surface area contributed by atoms with Gasteiger partial charge in [-0.3, -0.25) is 4.79 Å². The van der Waals surface area contributed by atoms with Crippen LogP contribution in [0.25, 0.3) is 0 Å². The smallest absolute Gasteiger partial charge is 0.278 e. The lowest BCUT2D eigenvalue weighted by atomic mass is 10.0. The number of halogens is 2. The van der Waals surface area contributed by atoms with Crippen LogP contribution in [0.3, 0.4) is 0 Å². The van der Waals surface area contributed by atoms with Gasteiger partial charge in [0.25, 0.3) is 17.0 Å². The highest BCUT2D eigenvalue weighted by molar-refractivity contribution is 7.13. The number of aromatic nitrogens is 3. The van der Waals surface area contributed by atoms with E-state index in [-0.39, 0.29) is 24.7 Å². The van der Waals surface area contributed by atoms with E-state index in [2.05, 4.69) is 25.2 Å². The summed E-state index contributed by atoms with van der Waals surface area (Å²) in [5, 5.41) is 3.30. The van der Waals surface area contributed by atoms with Gasteiger partial charge in [-0.05, 0) is 32.6 Å². The second-order valence-electron chi connectivity index (χ2n) is 9.39. The lowest BCUT2D eigenvalue weighted by Gasteiger charge is -2.31. The number of carbonyl (C=O) groups excluding carboxylic acids is 1. The van der Waals surface area contributed by atoms with E-state index in [1.54, 1.807) is 19.3 Å². The third-order valence-electron chi connectivity index (χ3n) is 6.16. The molecule has 0 saturated carbocycles. The normalized spacial score (nSPS) is 20.9. The van der Waals surface area contributed by atoms with Crippen LogP contribution in [0.2, 0.25) is 0 Å². The van der Waals surface area contributed by atoms with E-state index in [0.717, 1.165) is 69.2 Å². The Hall–Kier alpha value is -2.44. The molecular formula is C24H33F2N5O4S. The van der Waals surface area contributed by atoms with Gasteiger partial charge in [0.05, 0.1) is 36.8 Å². The van der Waals surface area contributed by atoms with Crippen LogP contribution in [-0.4, -0.2) is 83.3 Å². The largest absolute Gasteiger partial charge is 0.481 e. The molecule has 2 atom stereocenters. The summed E-state index contributed by atoms with van der Waals surface area (Å²) in [6.45, 7) is 5.09. The minimum atomic E-state index is -2.86. The SMILES string of the molecule is Cc1ncc(OCC(=O)NC2CCC(CCN3CCc4nc(OCC(C)(F)F)sc4CC3)OC2)cn1. The standard InChI is InChI=1S/C24H33F2N5O4S/c1-16-27-11-19(12-28-16)34-14-22(32)29-17-3-4-18(33-13-17)5-8-31-9-6-20-21(7-10-31)36-23(30-20)35-15-24(2,25)26/h11-12,17-18H,3-10,13-15H2,1-2H3,(H,29,32). The molecule has 0 spiro atoms. The number of carbonyl (C=O) groups is 1. The topological polar surface area (TPSA) is 98.7 Å². The van der Waals surface area contributed by atoms with Crippen molar-refractivity contribution in [2.75, 3.05) is 39.5 Å². The summed E-state index contributed by atoms with van der Waals surface area (Å²) >= 11 is 1.38. The van der Waals surface area contributed by atoms with Gasteiger partial charge in [-0.1, -0.05) is 11.3 Å². The zero-order chi connectivity index (χ0) is 25.5. The predicted molar refractivity (Wildman–Crippen MR) is 130 cm³/mol. The van der Waals surface area contributed by atoms with Crippen molar-refractivity contribution in [3.63, 3.8) is 0 Å². The van der Waals surface area contributed by atoms with Gasteiger partial charge in [0.2, 0.25) is 0 Å². The van der Waals surface area contributed by atoms with Crippen LogP contribution >= 0.6 is 11.3 Å². The summed E-state index contributed by atoms with van der Waals surface area (Å²) in [5.41, 5.74) is 0.961. The van der Waals surface area contributed by atoms with Gasteiger partial charge in [-0.25, -0.2) is 23.7 Å². The first kappa shape index (κ1) is 26.6. The first-order valence-electron chi connectivity index (χ1n) is 12.3. The Balaban J connectivity index is 1.11. The number of ether oxygens (including phenoxy) is 3. The molecule has 0 aromatic carbocycles. The highest BCUT2D eigenvalue weighted by atomic mass is 32.1. The van der Waals surface area contributed by atoms with Gasteiger partial charge in [-0.2, -0.15) is 0 Å². The Morgan fingerprint density at radius 2 is 2.03 bits per heavy atom. The number of hydrogen-bond donors (Lipinski definition) is 1. The van der Waals surface area contributed by atoms with Crippen molar-refractivity contribution in [3.8, 4) is 10.9 Å². The summed E-state index contributed by atoms with van der Waals surface area (Å²) in [6.07, 6.45) is 7.58. The molecule has 1 saturated heterocycles. The van der Waals surface area contributed by atoms with Crippen molar-refractivity contribution in [1.29, 1.82) is 0 Å². The Kier molecular flexibility index (Phi) is 9.02. The molecule has 2 unspecified atom stereocenters. The minimum Gasteiger partial charge on any atom is -0.481 e. The molecule has 1 fully saturated rings. The quantitative estimate of drug-likeness (QED) is 0.506. The monoisotopic (exact) mass is 525 g/mol. The van der Waals surface area contributed by atoms with Crippen LogP contribution in [-0.2, 0) is 22.4 Å². The molecule has 2 aliphatic rings. The molecule has 0 bridgehead atoms. The highest BCUT2D eigenvalue weighted by Crippen LogP contribution is 2.29. The Morgan fingerprint density at radius 1 is 1.25 bits per heavy atom. The second-order valence-corrected chi connectivity index (χ2v) is 10.4. The molecule has 2 aromatic rings. The van der Waals surface area contributed by atoms with E-state index < -0.39 is 12.5 Å². The molecule has 1 amide bonds. The maximum Gasteiger partial charge on any atom is 0.278 e. The lowest BCUT2D eigenvalue weighted by Crippen LogP contribution is -2.45. The molecule has 2 aliphatic heterocycles. The summed E-state index contributed by atoms with van der Waals surface area (Å²) in [6, 6.07) is -0.0176. The minimum absolute atomic E-state index is 0.0176. The summed E-state index contributed by atoms with van der Waals surface area (Å²) in [7, 11) is 0. The summed E-state index contributed by atoms with van der Waals surface area (Å²) in [4.78, 5) is 28.2. The van der Waals surface area contributed by atoms with Crippen molar-refractivity contribution in [3.05, 3.63) is 28.8 Å². The number of aryl methyl sites for hydroxylation is 1. The Labute approximate surface area is 213 Å². The van der Waals surface area contributed by atoms with Gasteiger partial charge < -0.3 is 24.4 Å². The highest BCUT2D eigenvalue weighted by Gasteiger charge is 2.26. The van der Waals surface area contributed by atoms with Gasteiger partial charge in [0.15, 0.2) is 19.0 Å². The summed E-state index contributed by atoms with van der Waals surface area (Å²) < 4.78 is 42.7. The molecule has 9 nitrogen and oxygen atoms in total. The molecule has 12 heteroatoms. The van der Waals surface area contributed by atoms with Crippen LogP contribution in [0.15, 0.2) is 12.4 Å². The first-order valence-corrected chi connectivity index (χ1v) is 13.1. The molecule has 2 aromatic heterocycles. The average molecular weight is 526 g/mol. The molecular weight excluding hydrogens is 492 g/mol. The van der Waals surface area contributed by atoms with Crippen molar-refractivity contribution in [2.24, 2.45) is 0 Å².